The van der Waals surface area contributed by atoms with Crippen LogP contribution in [0.4, 0.5) is 5.13 Å². The summed E-state index contributed by atoms with van der Waals surface area (Å²) in [5.74, 6) is 0.687. The molecule has 0 radical (unpaired) electrons. The van der Waals surface area contributed by atoms with Crippen LogP contribution in [-0.4, -0.2) is 36.1 Å². The van der Waals surface area contributed by atoms with E-state index < -0.39 is 0 Å². The van der Waals surface area contributed by atoms with E-state index in [1.54, 1.807) is 11.3 Å². The van der Waals surface area contributed by atoms with Crippen molar-refractivity contribution in [3.05, 3.63) is 9.98 Å². The SMILES string of the molecule is CC1CN(C)CCC1Nc1nc(Br)cs1. The molecule has 0 amide bonds. The molecule has 1 N–H and O–H groups in total. The molecule has 0 bridgehead atoms. The third-order valence-electron chi connectivity index (χ3n) is 2.89. The molecule has 5 heteroatoms. The lowest BCUT2D eigenvalue weighted by atomic mass is 9.94. The number of hydrogen-bond donors (Lipinski definition) is 1. The minimum atomic E-state index is 0.569. The van der Waals surface area contributed by atoms with Gasteiger partial charge in [-0.05, 0) is 41.9 Å². The quantitative estimate of drug-likeness (QED) is 0.907. The molecule has 2 atom stereocenters. The Labute approximate surface area is 103 Å². The summed E-state index contributed by atoms with van der Waals surface area (Å²) >= 11 is 5.04. The first-order valence-corrected chi connectivity index (χ1v) is 6.88. The van der Waals surface area contributed by atoms with Crippen molar-refractivity contribution >= 4 is 32.4 Å². The van der Waals surface area contributed by atoms with Gasteiger partial charge in [0.2, 0.25) is 0 Å². The number of piperidine rings is 1. The molecule has 1 aromatic rings. The number of likely N-dealkylation sites (tertiary alicyclic amines) is 1. The van der Waals surface area contributed by atoms with Crippen molar-refractivity contribution in [2.75, 3.05) is 25.5 Å². The molecule has 0 aromatic carbocycles. The van der Waals surface area contributed by atoms with Crippen LogP contribution in [0.15, 0.2) is 9.98 Å². The molecule has 0 aliphatic carbocycles. The molecule has 2 unspecified atom stereocenters. The van der Waals surface area contributed by atoms with Crippen LogP contribution < -0.4 is 5.32 Å². The van der Waals surface area contributed by atoms with E-state index in [1.807, 2.05) is 5.38 Å². The van der Waals surface area contributed by atoms with Crippen LogP contribution >= 0.6 is 27.3 Å². The Morgan fingerprint density at radius 3 is 3.07 bits per heavy atom. The molecule has 0 spiro atoms. The van der Waals surface area contributed by atoms with E-state index >= 15 is 0 Å². The van der Waals surface area contributed by atoms with Crippen molar-refractivity contribution in [3.8, 4) is 0 Å². The summed E-state index contributed by atoms with van der Waals surface area (Å²) in [5.41, 5.74) is 0. The van der Waals surface area contributed by atoms with Gasteiger partial charge in [0.15, 0.2) is 5.13 Å². The van der Waals surface area contributed by atoms with Gasteiger partial charge in [-0.25, -0.2) is 4.98 Å². The first-order chi connectivity index (χ1) is 7.15. The van der Waals surface area contributed by atoms with Gasteiger partial charge in [0.05, 0.1) is 0 Å². The maximum Gasteiger partial charge on any atom is 0.183 e. The first-order valence-electron chi connectivity index (χ1n) is 5.21. The van der Waals surface area contributed by atoms with Crippen molar-refractivity contribution in [2.45, 2.75) is 19.4 Å². The molecule has 15 heavy (non-hydrogen) atoms. The zero-order chi connectivity index (χ0) is 10.8. The maximum absolute atomic E-state index is 4.37. The summed E-state index contributed by atoms with van der Waals surface area (Å²) in [6, 6.07) is 0.569. The smallest absolute Gasteiger partial charge is 0.183 e. The van der Waals surface area contributed by atoms with E-state index in [9.17, 15) is 0 Å². The van der Waals surface area contributed by atoms with Crippen molar-refractivity contribution in [1.29, 1.82) is 0 Å². The average Bonchev–Trinajstić information content (AvgIpc) is 2.56. The second kappa shape index (κ2) is 4.80. The van der Waals surface area contributed by atoms with Crippen LogP contribution in [0, 0.1) is 5.92 Å². The Balaban J connectivity index is 1.94. The molecule has 1 aliphatic rings. The minimum Gasteiger partial charge on any atom is -0.358 e. The number of halogens is 1. The van der Waals surface area contributed by atoms with Crippen LogP contribution in [0.1, 0.15) is 13.3 Å². The molecule has 3 nitrogen and oxygen atoms in total. The zero-order valence-electron chi connectivity index (χ0n) is 9.03. The highest BCUT2D eigenvalue weighted by atomic mass is 79.9. The van der Waals surface area contributed by atoms with Gasteiger partial charge < -0.3 is 10.2 Å². The van der Waals surface area contributed by atoms with Gasteiger partial charge in [-0.3, -0.25) is 0 Å². The molecular formula is C10H16BrN3S. The van der Waals surface area contributed by atoms with Crippen molar-refractivity contribution < 1.29 is 0 Å². The van der Waals surface area contributed by atoms with Gasteiger partial charge in [-0.2, -0.15) is 0 Å². The van der Waals surface area contributed by atoms with E-state index in [1.165, 1.54) is 19.5 Å². The van der Waals surface area contributed by atoms with Gasteiger partial charge in [0.1, 0.15) is 4.60 Å². The molecule has 1 aromatic heterocycles. The summed E-state index contributed by atoms with van der Waals surface area (Å²) in [7, 11) is 2.19. The monoisotopic (exact) mass is 289 g/mol. The third kappa shape index (κ3) is 2.92. The summed E-state index contributed by atoms with van der Waals surface area (Å²) in [5, 5.41) is 6.57. The standard InChI is InChI=1S/C10H16BrN3S/c1-7-5-14(2)4-3-8(7)12-10-13-9(11)6-15-10/h6-8H,3-5H2,1-2H3,(H,12,13). The summed E-state index contributed by atoms with van der Waals surface area (Å²) in [6.45, 7) is 4.65. The highest BCUT2D eigenvalue weighted by Crippen LogP contribution is 2.24. The highest BCUT2D eigenvalue weighted by molar-refractivity contribution is 9.10. The third-order valence-corrected chi connectivity index (χ3v) is 4.38. The number of hydrogen-bond acceptors (Lipinski definition) is 4. The number of nitrogens with zero attached hydrogens (tertiary/aromatic N) is 2. The predicted molar refractivity (Wildman–Crippen MR) is 68.5 cm³/mol. The number of anilines is 1. The first kappa shape index (κ1) is 11.4. The van der Waals surface area contributed by atoms with Crippen LogP contribution in [0.2, 0.25) is 0 Å². The largest absolute Gasteiger partial charge is 0.358 e. The lowest BCUT2D eigenvalue weighted by Gasteiger charge is -2.35. The van der Waals surface area contributed by atoms with Gasteiger partial charge in [0, 0.05) is 18.0 Å². The van der Waals surface area contributed by atoms with Crippen molar-refractivity contribution in [2.24, 2.45) is 5.92 Å². The van der Waals surface area contributed by atoms with E-state index in [-0.39, 0.29) is 0 Å². The second-order valence-electron chi connectivity index (χ2n) is 4.25. The molecule has 2 rings (SSSR count). The number of aromatic nitrogens is 1. The summed E-state index contributed by atoms with van der Waals surface area (Å²) in [4.78, 5) is 6.76. The summed E-state index contributed by atoms with van der Waals surface area (Å²) in [6.07, 6.45) is 1.20. The Morgan fingerprint density at radius 2 is 2.47 bits per heavy atom. The Bertz CT molecular complexity index is 328. The van der Waals surface area contributed by atoms with E-state index in [2.05, 4.69) is 45.1 Å². The fourth-order valence-corrected chi connectivity index (χ4v) is 3.25. The topological polar surface area (TPSA) is 28.2 Å². The number of nitrogens with one attached hydrogen (secondary N) is 1. The van der Waals surface area contributed by atoms with E-state index in [4.69, 9.17) is 0 Å². The van der Waals surface area contributed by atoms with Crippen LogP contribution in [0.25, 0.3) is 0 Å². The number of rotatable bonds is 2. The lowest BCUT2D eigenvalue weighted by Crippen LogP contribution is -2.43. The van der Waals surface area contributed by atoms with Gasteiger partial charge >= 0.3 is 0 Å². The Morgan fingerprint density at radius 1 is 1.67 bits per heavy atom. The van der Waals surface area contributed by atoms with Crippen molar-refractivity contribution in [1.82, 2.24) is 9.88 Å². The van der Waals surface area contributed by atoms with Gasteiger partial charge in [0.25, 0.3) is 0 Å². The Kier molecular flexibility index (Phi) is 3.64. The molecule has 1 aliphatic heterocycles. The Hall–Kier alpha value is -0.130. The van der Waals surface area contributed by atoms with Gasteiger partial charge in [-0.15, -0.1) is 11.3 Å². The second-order valence-corrected chi connectivity index (χ2v) is 5.92. The predicted octanol–water partition coefficient (Wildman–Crippen LogP) is 2.66. The van der Waals surface area contributed by atoms with Gasteiger partial charge in [-0.1, -0.05) is 6.92 Å². The molecule has 1 saturated heterocycles. The maximum atomic E-state index is 4.37. The van der Waals surface area contributed by atoms with Crippen molar-refractivity contribution in [3.63, 3.8) is 0 Å². The normalized spacial score (nSPS) is 27.9. The van der Waals surface area contributed by atoms with Crippen LogP contribution in [-0.2, 0) is 0 Å². The van der Waals surface area contributed by atoms with Crippen LogP contribution in [0.3, 0.4) is 0 Å². The zero-order valence-corrected chi connectivity index (χ0v) is 11.4. The molecule has 2 heterocycles. The highest BCUT2D eigenvalue weighted by Gasteiger charge is 2.24. The van der Waals surface area contributed by atoms with E-state index in [0.717, 1.165) is 9.73 Å². The number of thiazole rings is 1. The minimum absolute atomic E-state index is 0.569. The average molecular weight is 290 g/mol. The molecule has 84 valence electrons. The van der Waals surface area contributed by atoms with E-state index in [0.29, 0.717) is 12.0 Å². The fourth-order valence-electron chi connectivity index (χ4n) is 2.05. The molecular weight excluding hydrogens is 274 g/mol. The summed E-state index contributed by atoms with van der Waals surface area (Å²) < 4.78 is 0.926. The van der Waals surface area contributed by atoms with Crippen LogP contribution in [0.5, 0.6) is 0 Å². The lowest BCUT2D eigenvalue weighted by molar-refractivity contribution is 0.206. The molecule has 1 fully saturated rings. The molecule has 0 saturated carbocycles. The fraction of sp³-hybridized carbons (Fsp3) is 0.700.